The van der Waals surface area contributed by atoms with Gasteiger partial charge in [0, 0.05) is 11.8 Å². The van der Waals surface area contributed by atoms with Gasteiger partial charge in [-0.1, -0.05) is 30.3 Å². The minimum atomic E-state index is -4.66. The minimum Gasteiger partial charge on any atom is -0.324 e. The molecule has 1 aromatic heterocycles. The SMILES string of the molecule is O=C(Cn1nc(C(=O)Nc2ccccc2)ccc1=O)Nc1ccccc1C(F)(F)F. The van der Waals surface area contributed by atoms with Crippen LogP contribution >= 0.6 is 0 Å². The second-order valence-electron chi connectivity index (χ2n) is 6.13. The molecule has 3 rings (SSSR count). The Bertz CT molecular complexity index is 1130. The van der Waals surface area contributed by atoms with Gasteiger partial charge in [-0.05, 0) is 30.3 Å². The fourth-order valence-corrected chi connectivity index (χ4v) is 2.56. The highest BCUT2D eigenvalue weighted by Crippen LogP contribution is 2.34. The molecule has 0 fully saturated rings. The van der Waals surface area contributed by atoms with E-state index in [2.05, 4.69) is 15.7 Å². The lowest BCUT2D eigenvalue weighted by atomic mass is 10.1. The Labute approximate surface area is 168 Å². The average Bonchev–Trinajstić information content (AvgIpc) is 2.70. The van der Waals surface area contributed by atoms with Gasteiger partial charge < -0.3 is 10.6 Å². The molecular weight excluding hydrogens is 401 g/mol. The molecule has 0 bridgehead atoms. The van der Waals surface area contributed by atoms with Crippen molar-refractivity contribution in [1.82, 2.24) is 9.78 Å². The van der Waals surface area contributed by atoms with Gasteiger partial charge in [-0.15, -0.1) is 0 Å². The lowest BCUT2D eigenvalue weighted by molar-refractivity contribution is -0.137. The normalized spacial score (nSPS) is 11.0. The van der Waals surface area contributed by atoms with Crippen LogP contribution < -0.4 is 16.2 Å². The number of nitrogens with zero attached hydrogens (tertiary/aromatic N) is 2. The van der Waals surface area contributed by atoms with Gasteiger partial charge in [-0.25, -0.2) is 4.68 Å². The summed E-state index contributed by atoms with van der Waals surface area (Å²) in [5.74, 6) is -1.51. The first-order valence-electron chi connectivity index (χ1n) is 8.65. The van der Waals surface area contributed by atoms with Gasteiger partial charge in [0.15, 0.2) is 0 Å². The minimum absolute atomic E-state index is 0.137. The van der Waals surface area contributed by atoms with Crippen molar-refractivity contribution >= 4 is 23.2 Å². The number of anilines is 2. The van der Waals surface area contributed by atoms with E-state index in [4.69, 9.17) is 0 Å². The summed E-state index contributed by atoms with van der Waals surface area (Å²) in [7, 11) is 0. The summed E-state index contributed by atoms with van der Waals surface area (Å²) in [4.78, 5) is 36.5. The number of benzene rings is 2. The maximum absolute atomic E-state index is 13.0. The summed E-state index contributed by atoms with van der Waals surface area (Å²) in [6, 6.07) is 15.2. The van der Waals surface area contributed by atoms with E-state index in [0.29, 0.717) is 10.4 Å². The van der Waals surface area contributed by atoms with Crippen LogP contribution in [0.2, 0.25) is 0 Å². The first-order chi connectivity index (χ1) is 14.2. The van der Waals surface area contributed by atoms with Crippen LogP contribution in [0, 0.1) is 0 Å². The van der Waals surface area contributed by atoms with E-state index in [1.54, 1.807) is 30.3 Å². The van der Waals surface area contributed by atoms with Crippen LogP contribution in [-0.4, -0.2) is 21.6 Å². The Morgan fingerprint density at radius 1 is 0.900 bits per heavy atom. The molecule has 0 unspecified atom stereocenters. The molecule has 0 aliphatic carbocycles. The molecule has 7 nitrogen and oxygen atoms in total. The van der Waals surface area contributed by atoms with Crippen LogP contribution in [0.1, 0.15) is 16.1 Å². The molecule has 3 aromatic rings. The molecule has 30 heavy (non-hydrogen) atoms. The molecule has 0 saturated carbocycles. The Balaban J connectivity index is 1.76. The fourth-order valence-electron chi connectivity index (χ4n) is 2.56. The van der Waals surface area contributed by atoms with E-state index in [0.717, 1.165) is 18.2 Å². The fraction of sp³-hybridized carbons (Fsp3) is 0.100. The largest absolute Gasteiger partial charge is 0.418 e. The van der Waals surface area contributed by atoms with Crippen molar-refractivity contribution in [2.75, 3.05) is 10.6 Å². The molecule has 2 N–H and O–H groups in total. The Morgan fingerprint density at radius 3 is 2.27 bits per heavy atom. The number of para-hydroxylation sites is 2. The van der Waals surface area contributed by atoms with Crippen LogP contribution in [0.25, 0.3) is 0 Å². The first-order valence-corrected chi connectivity index (χ1v) is 8.65. The van der Waals surface area contributed by atoms with Crippen molar-refractivity contribution in [2.45, 2.75) is 12.7 Å². The average molecular weight is 416 g/mol. The number of amides is 2. The maximum atomic E-state index is 13.0. The summed E-state index contributed by atoms with van der Waals surface area (Å²) < 4.78 is 39.8. The number of hydrogen-bond acceptors (Lipinski definition) is 4. The molecule has 0 saturated heterocycles. The maximum Gasteiger partial charge on any atom is 0.418 e. The zero-order valence-corrected chi connectivity index (χ0v) is 15.3. The zero-order chi connectivity index (χ0) is 21.7. The van der Waals surface area contributed by atoms with E-state index in [1.165, 1.54) is 18.2 Å². The van der Waals surface area contributed by atoms with Crippen LogP contribution in [0.4, 0.5) is 24.5 Å². The second kappa shape index (κ2) is 8.60. The van der Waals surface area contributed by atoms with E-state index < -0.39 is 41.3 Å². The van der Waals surface area contributed by atoms with Gasteiger partial charge in [0.1, 0.15) is 12.2 Å². The summed E-state index contributed by atoms with van der Waals surface area (Å²) in [6.07, 6.45) is -4.66. The molecule has 0 atom stereocenters. The first kappa shape index (κ1) is 20.8. The highest BCUT2D eigenvalue weighted by atomic mass is 19.4. The van der Waals surface area contributed by atoms with Crippen molar-refractivity contribution in [3.8, 4) is 0 Å². The highest BCUT2D eigenvalue weighted by molar-refractivity contribution is 6.02. The topological polar surface area (TPSA) is 93.1 Å². The zero-order valence-electron chi connectivity index (χ0n) is 15.3. The summed E-state index contributed by atoms with van der Waals surface area (Å²) in [5.41, 5.74) is -1.79. The molecule has 10 heteroatoms. The summed E-state index contributed by atoms with van der Waals surface area (Å²) in [6.45, 7) is -0.669. The van der Waals surface area contributed by atoms with Gasteiger partial charge >= 0.3 is 6.18 Å². The van der Waals surface area contributed by atoms with Crippen molar-refractivity contribution in [2.24, 2.45) is 0 Å². The van der Waals surface area contributed by atoms with E-state index in [-0.39, 0.29) is 5.69 Å². The van der Waals surface area contributed by atoms with Crippen molar-refractivity contribution in [3.05, 3.63) is 88.3 Å². The molecule has 2 aromatic carbocycles. The predicted octanol–water partition coefficient (Wildman–Crippen LogP) is 3.15. The predicted molar refractivity (Wildman–Crippen MR) is 103 cm³/mol. The number of nitrogens with one attached hydrogen (secondary N) is 2. The van der Waals surface area contributed by atoms with Crippen LogP contribution in [0.3, 0.4) is 0 Å². The number of carbonyl (C=O) groups is 2. The highest BCUT2D eigenvalue weighted by Gasteiger charge is 2.33. The van der Waals surface area contributed by atoms with Crippen LogP contribution in [0.5, 0.6) is 0 Å². The molecule has 0 aliphatic heterocycles. The van der Waals surface area contributed by atoms with E-state index >= 15 is 0 Å². The third-order valence-corrected chi connectivity index (χ3v) is 3.93. The second-order valence-corrected chi connectivity index (χ2v) is 6.13. The molecule has 2 amide bonds. The Morgan fingerprint density at radius 2 is 1.57 bits per heavy atom. The van der Waals surface area contributed by atoms with Gasteiger partial charge in [-0.2, -0.15) is 18.3 Å². The molecule has 0 aliphatic rings. The van der Waals surface area contributed by atoms with Crippen LogP contribution in [0.15, 0.2) is 71.5 Å². The molecule has 0 radical (unpaired) electrons. The number of hydrogen-bond donors (Lipinski definition) is 2. The monoisotopic (exact) mass is 416 g/mol. The number of carbonyl (C=O) groups excluding carboxylic acids is 2. The third-order valence-electron chi connectivity index (χ3n) is 3.93. The van der Waals surface area contributed by atoms with Crippen molar-refractivity contribution in [1.29, 1.82) is 0 Å². The standard InChI is InChI=1S/C20H15F3N4O3/c21-20(22,23)14-8-4-5-9-15(14)25-17(28)12-27-18(29)11-10-16(26-27)19(30)24-13-6-2-1-3-7-13/h1-11H,12H2,(H,24,30)(H,25,28). The van der Waals surface area contributed by atoms with E-state index in [9.17, 15) is 27.6 Å². The smallest absolute Gasteiger partial charge is 0.324 e. The number of rotatable bonds is 5. The summed E-state index contributed by atoms with van der Waals surface area (Å²) >= 11 is 0. The van der Waals surface area contributed by atoms with Gasteiger partial charge in [0.2, 0.25) is 5.91 Å². The Hall–Kier alpha value is -3.95. The Kier molecular flexibility index (Phi) is 5.95. The van der Waals surface area contributed by atoms with E-state index in [1.807, 2.05) is 0 Å². The van der Waals surface area contributed by atoms with Gasteiger partial charge in [0.05, 0.1) is 11.3 Å². The molecule has 0 spiro atoms. The quantitative estimate of drug-likeness (QED) is 0.668. The summed E-state index contributed by atoms with van der Waals surface area (Å²) in [5, 5.41) is 8.53. The number of aromatic nitrogens is 2. The van der Waals surface area contributed by atoms with Gasteiger partial charge in [-0.3, -0.25) is 14.4 Å². The van der Waals surface area contributed by atoms with Crippen LogP contribution in [-0.2, 0) is 17.5 Å². The number of halogens is 3. The van der Waals surface area contributed by atoms with Crippen molar-refractivity contribution < 1.29 is 22.8 Å². The third kappa shape index (κ3) is 5.10. The molecular formula is C20H15F3N4O3. The number of alkyl halides is 3. The lowest BCUT2D eigenvalue weighted by Gasteiger charge is -2.14. The molecule has 154 valence electrons. The lowest BCUT2D eigenvalue weighted by Crippen LogP contribution is -2.31. The van der Waals surface area contributed by atoms with Gasteiger partial charge in [0.25, 0.3) is 11.5 Å². The molecule has 1 heterocycles. The van der Waals surface area contributed by atoms with Crippen molar-refractivity contribution in [3.63, 3.8) is 0 Å².